The minimum Gasteiger partial charge on any atom is -0.481 e. The third-order valence-electron chi connectivity index (χ3n) is 3.56. The molecule has 0 radical (unpaired) electrons. The number of carboxylic acid groups (broad SMARTS) is 1. The van der Waals surface area contributed by atoms with Gasteiger partial charge in [0.05, 0.1) is 11.1 Å². The lowest BCUT2D eigenvalue weighted by Crippen LogP contribution is -2.42. The predicted molar refractivity (Wildman–Crippen MR) is 70.6 cm³/mol. The highest BCUT2D eigenvalue weighted by Gasteiger charge is 2.33. The highest BCUT2D eigenvalue weighted by atomic mass is 16.5. The lowest BCUT2D eigenvalue weighted by Gasteiger charge is -2.31. The minimum absolute atomic E-state index is 0.113. The molecule has 0 aromatic heterocycles. The molecule has 1 aliphatic heterocycles. The fourth-order valence-corrected chi connectivity index (χ4v) is 2.03. The number of hydrogen-bond donors (Lipinski definition) is 1. The van der Waals surface area contributed by atoms with Crippen LogP contribution in [0.2, 0.25) is 0 Å². The zero-order chi connectivity index (χ0) is 14.4. The predicted octanol–water partition coefficient (Wildman–Crippen LogP) is 1.79. The summed E-state index contributed by atoms with van der Waals surface area (Å²) in [4.78, 5) is 24.6. The van der Waals surface area contributed by atoms with Gasteiger partial charge in [0.1, 0.15) is 5.75 Å². The number of rotatable bonds is 2. The molecular weight excluding hydrogens is 246 g/mol. The largest absolute Gasteiger partial charge is 0.481 e. The first-order chi connectivity index (χ1) is 8.75. The van der Waals surface area contributed by atoms with Crippen LogP contribution in [0.3, 0.4) is 0 Å². The van der Waals surface area contributed by atoms with Gasteiger partial charge in [0.2, 0.25) is 0 Å². The van der Waals surface area contributed by atoms with Crippen LogP contribution in [0, 0.1) is 0 Å². The summed E-state index contributed by atoms with van der Waals surface area (Å²) in [6, 6.07) is 5.14. The molecule has 0 saturated carbocycles. The summed E-state index contributed by atoms with van der Waals surface area (Å²) in [6.07, 6.45) is -0.555. The van der Waals surface area contributed by atoms with E-state index in [9.17, 15) is 14.7 Å². The molecule has 0 fully saturated rings. The van der Waals surface area contributed by atoms with Gasteiger partial charge in [-0.1, -0.05) is 6.07 Å². The first kappa shape index (κ1) is 13.4. The van der Waals surface area contributed by atoms with E-state index in [0.29, 0.717) is 17.0 Å². The van der Waals surface area contributed by atoms with Gasteiger partial charge in [-0.15, -0.1) is 0 Å². The third-order valence-corrected chi connectivity index (χ3v) is 3.56. The van der Waals surface area contributed by atoms with Crippen molar-refractivity contribution < 1.29 is 19.4 Å². The normalized spacial score (nSPS) is 18.8. The van der Waals surface area contributed by atoms with Gasteiger partial charge >= 0.3 is 5.97 Å². The summed E-state index contributed by atoms with van der Waals surface area (Å²) in [6.45, 7) is 4.95. The molecule has 0 saturated heterocycles. The molecule has 0 bridgehead atoms. The molecule has 5 nitrogen and oxygen atoms in total. The number of carbonyl (C=O) groups excluding carboxylic acids is 1. The topological polar surface area (TPSA) is 66.8 Å². The van der Waals surface area contributed by atoms with E-state index >= 15 is 0 Å². The molecule has 102 valence electrons. The van der Waals surface area contributed by atoms with Gasteiger partial charge in [-0.05, 0) is 38.5 Å². The number of amides is 1. The number of anilines is 1. The van der Waals surface area contributed by atoms with E-state index in [1.807, 2.05) is 0 Å². The number of hydrogen-bond acceptors (Lipinski definition) is 3. The minimum atomic E-state index is -0.998. The molecule has 5 heteroatoms. The Bertz CT molecular complexity index is 550. The third kappa shape index (κ3) is 2.05. The second-order valence-electron chi connectivity index (χ2n) is 5.27. The van der Waals surface area contributed by atoms with Gasteiger partial charge < -0.3 is 14.7 Å². The van der Waals surface area contributed by atoms with Gasteiger partial charge in [0.15, 0.2) is 6.10 Å². The molecule has 1 atom stereocenters. The molecule has 1 unspecified atom stereocenters. The zero-order valence-corrected chi connectivity index (χ0v) is 11.4. The summed E-state index contributed by atoms with van der Waals surface area (Å²) in [5.74, 6) is -0.472. The average Bonchev–Trinajstić information content (AvgIpc) is 2.35. The van der Waals surface area contributed by atoms with E-state index in [2.05, 4.69) is 0 Å². The molecular formula is C14H17NO4. The summed E-state index contributed by atoms with van der Waals surface area (Å²) < 4.78 is 5.55. The van der Waals surface area contributed by atoms with Crippen LogP contribution in [0.5, 0.6) is 5.75 Å². The van der Waals surface area contributed by atoms with Crippen molar-refractivity contribution >= 4 is 17.6 Å². The maximum absolute atomic E-state index is 11.8. The molecule has 19 heavy (non-hydrogen) atoms. The highest BCUT2D eigenvalue weighted by molar-refractivity contribution is 5.99. The van der Waals surface area contributed by atoms with Crippen LogP contribution in [0.25, 0.3) is 0 Å². The molecule has 1 aliphatic rings. The summed E-state index contributed by atoms with van der Waals surface area (Å²) in [7, 11) is 1.68. The van der Waals surface area contributed by atoms with E-state index in [4.69, 9.17) is 4.74 Å². The molecule has 0 spiro atoms. The first-order valence-electron chi connectivity index (χ1n) is 6.07. The molecule has 1 N–H and O–H groups in total. The molecule has 0 aliphatic carbocycles. The van der Waals surface area contributed by atoms with Crippen molar-refractivity contribution in [3.05, 3.63) is 23.8 Å². The number of nitrogens with zero attached hydrogens (tertiary/aromatic N) is 1. The highest BCUT2D eigenvalue weighted by Crippen LogP contribution is 2.37. The van der Waals surface area contributed by atoms with Crippen molar-refractivity contribution in [1.29, 1.82) is 0 Å². The molecule has 1 aromatic carbocycles. The summed E-state index contributed by atoms with van der Waals surface area (Å²) >= 11 is 0. The Kier molecular flexibility index (Phi) is 3.00. The maximum Gasteiger partial charge on any atom is 0.313 e. The number of fused-ring (bicyclic) bond motifs is 1. The summed E-state index contributed by atoms with van der Waals surface area (Å²) in [5.41, 5.74) is 0.309. The first-order valence-corrected chi connectivity index (χ1v) is 6.07. The SMILES string of the molecule is CC1Oc2cc(C(C)(C)C(=O)O)ccc2N(C)C1=O. The Hall–Kier alpha value is -2.04. The Morgan fingerprint density at radius 3 is 2.63 bits per heavy atom. The van der Waals surface area contributed by atoms with Crippen LogP contribution in [0.1, 0.15) is 26.3 Å². The van der Waals surface area contributed by atoms with Crippen molar-refractivity contribution in [2.45, 2.75) is 32.3 Å². The Morgan fingerprint density at radius 2 is 2.05 bits per heavy atom. The van der Waals surface area contributed by atoms with E-state index in [0.717, 1.165) is 0 Å². The quantitative estimate of drug-likeness (QED) is 0.883. The van der Waals surface area contributed by atoms with Gasteiger partial charge in [-0.2, -0.15) is 0 Å². The van der Waals surface area contributed by atoms with Crippen LogP contribution < -0.4 is 9.64 Å². The van der Waals surface area contributed by atoms with Gasteiger partial charge in [0.25, 0.3) is 5.91 Å². The van der Waals surface area contributed by atoms with E-state index < -0.39 is 17.5 Å². The summed E-state index contributed by atoms with van der Waals surface area (Å²) in [5, 5.41) is 9.24. The Balaban J connectivity index is 2.49. The van der Waals surface area contributed by atoms with Crippen molar-refractivity contribution in [2.75, 3.05) is 11.9 Å². The smallest absolute Gasteiger partial charge is 0.313 e. The van der Waals surface area contributed by atoms with Gasteiger partial charge in [-0.3, -0.25) is 9.59 Å². The number of ether oxygens (including phenoxy) is 1. The van der Waals surface area contributed by atoms with Crippen LogP contribution in [-0.2, 0) is 15.0 Å². The number of benzene rings is 1. The lowest BCUT2D eigenvalue weighted by molar-refractivity contribution is -0.142. The van der Waals surface area contributed by atoms with Crippen LogP contribution in [0.4, 0.5) is 5.69 Å². The molecule has 1 heterocycles. The fraction of sp³-hybridized carbons (Fsp3) is 0.429. The molecule has 2 rings (SSSR count). The second kappa shape index (κ2) is 4.26. The number of carbonyl (C=O) groups is 2. The fourth-order valence-electron chi connectivity index (χ4n) is 2.03. The van der Waals surface area contributed by atoms with Crippen LogP contribution in [0.15, 0.2) is 18.2 Å². The van der Waals surface area contributed by atoms with Crippen molar-refractivity contribution in [1.82, 2.24) is 0 Å². The molecule has 1 amide bonds. The monoisotopic (exact) mass is 263 g/mol. The second-order valence-corrected chi connectivity index (χ2v) is 5.27. The Labute approximate surface area is 111 Å². The van der Waals surface area contributed by atoms with E-state index in [1.165, 1.54) is 4.90 Å². The standard InChI is InChI=1S/C14H17NO4/c1-8-12(16)15(4)10-6-5-9(7-11(10)19-8)14(2,3)13(17)18/h5-8H,1-4H3,(H,17,18). The van der Waals surface area contributed by atoms with Gasteiger partial charge in [-0.25, -0.2) is 0 Å². The zero-order valence-electron chi connectivity index (χ0n) is 11.4. The van der Waals surface area contributed by atoms with Crippen LogP contribution in [-0.4, -0.2) is 30.1 Å². The number of likely N-dealkylation sites (N-methyl/N-ethyl adjacent to an activating group) is 1. The molecule has 1 aromatic rings. The van der Waals surface area contributed by atoms with Crippen molar-refractivity contribution in [2.24, 2.45) is 0 Å². The van der Waals surface area contributed by atoms with Crippen molar-refractivity contribution in [3.8, 4) is 5.75 Å². The van der Waals surface area contributed by atoms with Gasteiger partial charge in [0, 0.05) is 7.05 Å². The Morgan fingerprint density at radius 1 is 1.42 bits per heavy atom. The maximum atomic E-state index is 11.8. The number of aliphatic carboxylic acids is 1. The van der Waals surface area contributed by atoms with E-state index in [-0.39, 0.29) is 5.91 Å². The number of carboxylic acids is 1. The van der Waals surface area contributed by atoms with Crippen LogP contribution >= 0.6 is 0 Å². The average molecular weight is 263 g/mol. The van der Waals surface area contributed by atoms with E-state index in [1.54, 1.807) is 46.0 Å². The lowest BCUT2D eigenvalue weighted by atomic mass is 9.84. The van der Waals surface area contributed by atoms with Crippen molar-refractivity contribution in [3.63, 3.8) is 0 Å².